The number of nitrogens with zero attached hydrogens (tertiary/aromatic N) is 5. The van der Waals surface area contributed by atoms with Crippen LogP contribution in [0.1, 0.15) is 72.3 Å². The van der Waals surface area contributed by atoms with Crippen molar-refractivity contribution >= 4 is 16.6 Å². The minimum absolute atomic E-state index is 0.0739. The molecule has 2 aromatic carbocycles. The predicted molar refractivity (Wildman–Crippen MR) is 133 cm³/mol. The summed E-state index contributed by atoms with van der Waals surface area (Å²) in [4.78, 5) is 19.2. The summed E-state index contributed by atoms with van der Waals surface area (Å²) in [6.07, 6.45) is 6.61. The van der Waals surface area contributed by atoms with Crippen LogP contribution < -0.4 is 10.5 Å². The number of hydrogen-bond acceptors (Lipinski definition) is 5. The Balaban J connectivity index is 1.59. The third-order valence-corrected chi connectivity index (χ3v) is 7.66. The van der Waals surface area contributed by atoms with Gasteiger partial charge >= 0.3 is 0 Å². The molecule has 3 heterocycles. The first-order valence-electron chi connectivity index (χ1n) is 12.4. The van der Waals surface area contributed by atoms with Gasteiger partial charge in [-0.05, 0) is 78.8 Å². The van der Waals surface area contributed by atoms with Gasteiger partial charge in [0.1, 0.15) is 6.04 Å². The lowest BCUT2D eigenvalue weighted by molar-refractivity contribution is 0.425. The Morgan fingerprint density at radius 1 is 1.03 bits per heavy atom. The lowest BCUT2D eigenvalue weighted by Crippen LogP contribution is -2.38. The first-order valence-corrected chi connectivity index (χ1v) is 12.4. The van der Waals surface area contributed by atoms with Gasteiger partial charge in [0.15, 0.2) is 5.82 Å². The summed E-state index contributed by atoms with van der Waals surface area (Å²) < 4.78 is 2.00. The van der Waals surface area contributed by atoms with E-state index in [1.165, 1.54) is 24.1 Å². The number of hydrogen-bond donors (Lipinski definition) is 1. The molecule has 7 nitrogen and oxygen atoms in total. The highest BCUT2D eigenvalue weighted by Crippen LogP contribution is 2.39. The molecule has 2 aliphatic rings. The van der Waals surface area contributed by atoms with Crippen LogP contribution in [0.5, 0.6) is 0 Å². The zero-order chi connectivity index (χ0) is 23.2. The van der Waals surface area contributed by atoms with Crippen LogP contribution in [-0.4, -0.2) is 31.7 Å². The number of aryl methyl sites for hydroxylation is 3. The van der Waals surface area contributed by atoms with E-state index in [1.807, 2.05) is 11.6 Å². The minimum atomic E-state index is -0.356. The van der Waals surface area contributed by atoms with E-state index in [0.717, 1.165) is 60.1 Å². The average Bonchev–Trinajstić information content (AvgIpc) is 3.55. The molecule has 0 amide bonds. The summed E-state index contributed by atoms with van der Waals surface area (Å²) >= 11 is 0. The quantitative estimate of drug-likeness (QED) is 0.480. The maximum atomic E-state index is 13.7. The second-order valence-corrected chi connectivity index (χ2v) is 9.79. The number of para-hydroxylation sites is 1. The van der Waals surface area contributed by atoms with Crippen molar-refractivity contribution in [2.24, 2.45) is 0 Å². The van der Waals surface area contributed by atoms with Crippen molar-refractivity contribution in [2.45, 2.75) is 64.5 Å². The van der Waals surface area contributed by atoms with E-state index in [1.54, 1.807) is 0 Å². The van der Waals surface area contributed by atoms with Gasteiger partial charge in [0.25, 0.3) is 5.56 Å². The normalized spacial score (nSPS) is 17.3. The summed E-state index contributed by atoms with van der Waals surface area (Å²) in [5.74, 6) is 0.763. The third-order valence-electron chi connectivity index (χ3n) is 7.66. The highest BCUT2D eigenvalue weighted by molar-refractivity contribution is 5.85. The van der Waals surface area contributed by atoms with Crippen molar-refractivity contribution in [1.82, 2.24) is 25.2 Å². The van der Waals surface area contributed by atoms with Gasteiger partial charge in [-0.2, -0.15) is 0 Å². The highest BCUT2D eigenvalue weighted by atomic mass is 16.1. The Bertz CT molecular complexity index is 1410. The van der Waals surface area contributed by atoms with E-state index in [0.29, 0.717) is 5.56 Å². The van der Waals surface area contributed by atoms with E-state index in [-0.39, 0.29) is 17.6 Å². The lowest BCUT2D eigenvalue weighted by Gasteiger charge is -2.37. The Morgan fingerprint density at radius 3 is 2.68 bits per heavy atom. The summed E-state index contributed by atoms with van der Waals surface area (Å²) in [5.41, 5.74) is 6.22. The van der Waals surface area contributed by atoms with Crippen LogP contribution in [0.2, 0.25) is 0 Å². The number of rotatable bonds is 4. The first kappa shape index (κ1) is 21.1. The average molecular weight is 455 g/mol. The fraction of sp³-hybridized carbons (Fsp3) is 0.407. The number of aromatic nitrogens is 5. The highest BCUT2D eigenvalue weighted by Gasteiger charge is 2.35. The van der Waals surface area contributed by atoms with Crippen LogP contribution in [0.4, 0.5) is 5.69 Å². The molecule has 1 aliphatic heterocycles. The predicted octanol–water partition coefficient (Wildman–Crippen LogP) is 4.79. The molecule has 1 atom stereocenters. The Morgan fingerprint density at radius 2 is 1.82 bits per heavy atom. The Kier molecular flexibility index (Phi) is 5.20. The summed E-state index contributed by atoms with van der Waals surface area (Å²) in [7, 11) is 0. The molecule has 2 aromatic heterocycles. The molecule has 0 spiro atoms. The molecule has 1 saturated carbocycles. The number of nitrogens with one attached hydrogen (secondary N) is 1. The van der Waals surface area contributed by atoms with E-state index < -0.39 is 0 Å². The van der Waals surface area contributed by atoms with Crippen LogP contribution in [0.25, 0.3) is 10.9 Å². The van der Waals surface area contributed by atoms with Crippen LogP contribution >= 0.6 is 0 Å². The van der Waals surface area contributed by atoms with Gasteiger partial charge in [-0.1, -0.05) is 43.2 Å². The van der Waals surface area contributed by atoms with Crippen LogP contribution in [0, 0.1) is 13.8 Å². The van der Waals surface area contributed by atoms with Gasteiger partial charge < -0.3 is 9.88 Å². The second-order valence-electron chi connectivity index (χ2n) is 9.79. The van der Waals surface area contributed by atoms with Crippen molar-refractivity contribution in [2.75, 3.05) is 11.4 Å². The fourth-order valence-electron chi connectivity index (χ4n) is 5.86. The first-order chi connectivity index (χ1) is 16.6. The third kappa shape index (κ3) is 3.42. The van der Waals surface area contributed by atoms with Crippen LogP contribution in [0.3, 0.4) is 0 Å². The largest absolute Gasteiger partial charge is 0.357 e. The van der Waals surface area contributed by atoms with Crippen molar-refractivity contribution in [3.05, 3.63) is 80.9 Å². The maximum Gasteiger partial charge on any atom is 0.254 e. The van der Waals surface area contributed by atoms with Gasteiger partial charge in [0.2, 0.25) is 0 Å². The molecular formula is C27H30N6O. The lowest BCUT2D eigenvalue weighted by atomic mass is 9.95. The maximum absolute atomic E-state index is 13.7. The molecule has 1 N–H and O–H groups in total. The smallest absolute Gasteiger partial charge is 0.254 e. The van der Waals surface area contributed by atoms with E-state index >= 15 is 0 Å². The molecule has 6 rings (SSSR count). The van der Waals surface area contributed by atoms with Gasteiger partial charge in [0.05, 0.1) is 11.6 Å². The summed E-state index contributed by atoms with van der Waals surface area (Å²) in [6.45, 7) is 4.98. The van der Waals surface area contributed by atoms with Crippen molar-refractivity contribution < 1.29 is 0 Å². The standard InChI is InChI=1S/C27H30N6O/c1-17-13-14-18(2)24-21(17)16-22(27(34)28-24)25(26-29-30-31-33(26)20-10-4-5-11-20)32-15-7-9-19-8-3-6-12-23(19)32/h3,6,8,12-14,16,20,25H,4-5,7,9-11,15H2,1-2H3,(H,28,34)/t25-/m0/s1. The van der Waals surface area contributed by atoms with Gasteiger partial charge in [-0.25, -0.2) is 4.68 Å². The minimum Gasteiger partial charge on any atom is -0.357 e. The summed E-state index contributed by atoms with van der Waals surface area (Å²) in [6, 6.07) is 14.7. The van der Waals surface area contributed by atoms with E-state index in [2.05, 4.69) is 74.8 Å². The topological polar surface area (TPSA) is 79.7 Å². The number of aromatic amines is 1. The van der Waals surface area contributed by atoms with Gasteiger partial charge in [0, 0.05) is 23.2 Å². The zero-order valence-corrected chi connectivity index (χ0v) is 19.8. The number of benzene rings is 2. The molecule has 1 fully saturated rings. The second kappa shape index (κ2) is 8.38. The van der Waals surface area contributed by atoms with E-state index in [4.69, 9.17) is 0 Å². The van der Waals surface area contributed by atoms with Gasteiger partial charge in [-0.15, -0.1) is 5.10 Å². The molecule has 0 bridgehead atoms. The molecule has 4 aromatic rings. The van der Waals surface area contributed by atoms with Gasteiger partial charge in [-0.3, -0.25) is 4.79 Å². The number of pyridine rings is 1. The molecule has 7 heteroatoms. The van der Waals surface area contributed by atoms with Crippen LogP contribution in [0.15, 0.2) is 47.3 Å². The fourth-order valence-corrected chi connectivity index (χ4v) is 5.86. The van der Waals surface area contributed by atoms with E-state index in [9.17, 15) is 4.79 Å². The Hall–Kier alpha value is -3.48. The number of fused-ring (bicyclic) bond motifs is 2. The summed E-state index contributed by atoms with van der Waals surface area (Å²) in [5, 5.41) is 14.2. The number of tetrazole rings is 1. The molecule has 0 unspecified atom stereocenters. The van der Waals surface area contributed by atoms with Crippen LogP contribution in [-0.2, 0) is 6.42 Å². The molecule has 0 saturated heterocycles. The monoisotopic (exact) mass is 454 g/mol. The molecule has 174 valence electrons. The molecular weight excluding hydrogens is 424 g/mol. The molecule has 34 heavy (non-hydrogen) atoms. The Labute approximate surface area is 198 Å². The number of anilines is 1. The number of H-pyrrole nitrogens is 1. The van der Waals surface area contributed by atoms with Crippen molar-refractivity contribution in [1.29, 1.82) is 0 Å². The zero-order valence-electron chi connectivity index (χ0n) is 19.8. The van der Waals surface area contributed by atoms with Crippen molar-refractivity contribution in [3.8, 4) is 0 Å². The molecule has 1 aliphatic carbocycles. The van der Waals surface area contributed by atoms with Crippen molar-refractivity contribution in [3.63, 3.8) is 0 Å². The SMILES string of the molecule is Cc1ccc(C)c2[nH]c(=O)c([C@@H](c3nnnn3C3CCCC3)N3CCCc4ccccc43)cc12. The molecule has 0 radical (unpaired) electrons.